The fourth-order valence-electron chi connectivity index (χ4n) is 0.102. The van der Waals surface area contributed by atoms with Crippen LogP contribution in [-0.2, 0) is 4.79 Å². The van der Waals surface area contributed by atoms with E-state index in [4.69, 9.17) is 0 Å². The second kappa shape index (κ2) is 4.01. The molecule has 0 aliphatic carbocycles. The average Bonchev–Trinajstić information content (AvgIpc) is 1.61. The molecule has 0 aromatic rings. The van der Waals surface area contributed by atoms with Crippen molar-refractivity contribution in [1.29, 1.82) is 0 Å². The van der Waals surface area contributed by atoms with Crippen molar-refractivity contribution in [3.05, 3.63) is 17.5 Å². The van der Waals surface area contributed by atoms with Gasteiger partial charge in [0.2, 0.25) is 0 Å². The van der Waals surface area contributed by atoms with Crippen LogP contribution >= 0.6 is 0 Å². The maximum Gasteiger partial charge on any atom is 0.185 e. The number of hydrogen-bond donors (Lipinski definition) is 0. The molecule has 0 bridgehead atoms. The number of rotatable bonds is 0. The van der Waals surface area contributed by atoms with E-state index in [2.05, 4.69) is 11.5 Å². The van der Waals surface area contributed by atoms with Gasteiger partial charge in [-0.1, -0.05) is 5.73 Å². The Hall–Kier alpha value is -0.990. The van der Waals surface area contributed by atoms with E-state index in [1.807, 2.05) is 0 Å². The molecule has 0 radical (unpaired) electrons. The van der Waals surface area contributed by atoms with Crippen molar-refractivity contribution >= 4 is 5.94 Å². The smallest absolute Gasteiger partial charge is 0.185 e. The Kier molecular flexibility index (Phi) is 3.35. The van der Waals surface area contributed by atoms with Crippen molar-refractivity contribution in [3.8, 4) is 0 Å². The second-order valence-corrected chi connectivity index (χ2v) is 0.660. The summed E-state index contributed by atoms with van der Waals surface area (Å²) in [6.07, 6.45) is 1.59. The van der Waals surface area contributed by atoms with E-state index in [1.54, 1.807) is 13.0 Å². The molecule has 1 nitrogen and oxygen atoms in total. The van der Waals surface area contributed by atoms with Gasteiger partial charge < -0.3 is 0 Å². The molecular formula is C5H4O. The summed E-state index contributed by atoms with van der Waals surface area (Å²) in [7, 11) is 0. The first-order valence-corrected chi connectivity index (χ1v) is 1.57. The highest BCUT2D eigenvalue weighted by Crippen LogP contribution is 1.50. The Balaban J connectivity index is 4.19. The van der Waals surface area contributed by atoms with Crippen LogP contribution in [0.5, 0.6) is 0 Å². The lowest BCUT2D eigenvalue weighted by molar-refractivity contribution is 0.569. The van der Waals surface area contributed by atoms with E-state index < -0.39 is 0 Å². The molecule has 0 saturated carbocycles. The summed E-state index contributed by atoms with van der Waals surface area (Å²) in [6, 6.07) is 0. The molecule has 0 N–H and O–H groups in total. The minimum Gasteiger partial charge on any atom is -0.223 e. The molecule has 0 fully saturated rings. The van der Waals surface area contributed by atoms with Gasteiger partial charge in [0.05, 0.1) is 0 Å². The molecule has 0 unspecified atom stereocenters. The molecule has 0 aromatic heterocycles. The predicted molar refractivity (Wildman–Crippen MR) is 23.0 cm³/mol. The first-order valence-electron chi connectivity index (χ1n) is 1.57. The zero-order valence-corrected chi connectivity index (χ0v) is 3.49. The van der Waals surface area contributed by atoms with Crippen LogP contribution in [0.4, 0.5) is 0 Å². The Morgan fingerprint density at radius 2 is 2.33 bits per heavy atom. The summed E-state index contributed by atoms with van der Waals surface area (Å²) in [5, 5.41) is 0. The van der Waals surface area contributed by atoms with Gasteiger partial charge >= 0.3 is 0 Å². The Morgan fingerprint density at radius 3 is 2.50 bits per heavy atom. The van der Waals surface area contributed by atoms with Crippen molar-refractivity contribution in [2.45, 2.75) is 6.92 Å². The van der Waals surface area contributed by atoms with Crippen LogP contribution in [0.25, 0.3) is 0 Å². The van der Waals surface area contributed by atoms with Crippen molar-refractivity contribution in [1.82, 2.24) is 0 Å². The summed E-state index contributed by atoms with van der Waals surface area (Å²) >= 11 is 0. The highest BCUT2D eigenvalue weighted by atomic mass is 16.1. The zero-order chi connectivity index (χ0) is 4.83. The van der Waals surface area contributed by atoms with Crippen LogP contribution in [0.1, 0.15) is 6.92 Å². The van der Waals surface area contributed by atoms with Crippen molar-refractivity contribution in [3.63, 3.8) is 0 Å². The van der Waals surface area contributed by atoms with Crippen LogP contribution in [-0.4, -0.2) is 5.94 Å². The first-order chi connectivity index (χ1) is 2.91. The summed E-state index contributed by atoms with van der Waals surface area (Å²) in [6.45, 7) is 1.75. The average molecular weight is 80.1 g/mol. The molecule has 0 atom stereocenters. The van der Waals surface area contributed by atoms with Crippen LogP contribution in [0.3, 0.4) is 0 Å². The van der Waals surface area contributed by atoms with Gasteiger partial charge in [-0.2, -0.15) is 0 Å². The third-order valence-corrected chi connectivity index (χ3v) is 0.268. The molecule has 0 rings (SSSR count). The minimum atomic E-state index is 1.43. The lowest BCUT2D eigenvalue weighted by Crippen LogP contribution is -1.30. The van der Waals surface area contributed by atoms with Gasteiger partial charge in [-0.25, -0.2) is 4.79 Å². The van der Waals surface area contributed by atoms with E-state index in [1.165, 1.54) is 5.94 Å². The Labute approximate surface area is 36.3 Å². The standard InChI is InChI=1S/C5H4O/c1-2-3-4-5-6/h2H,1H3. The number of carbonyl (C=O) groups excluding carboxylic acids is 1. The molecule has 1 heteroatoms. The Bertz CT molecular complexity index is 128. The van der Waals surface area contributed by atoms with Crippen LogP contribution in [0.2, 0.25) is 0 Å². The molecular weight excluding hydrogens is 76.1 g/mol. The summed E-state index contributed by atoms with van der Waals surface area (Å²) in [5.41, 5.74) is 4.49. The van der Waals surface area contributed by atoms with Crippen molar-refractivity contribution in [2.24, 2.45) is 0 Å². The molecule has 6 heavy (non-hydrogen) atoms. The molecule has 0 spiro atoms. The van der Waals surface area contributed by atoms with Crippen LogP contribution in [0.15, 0.2) is 17.5 Å². The van der Waals surface area contributed by atoms with E-state index in [0.717, 1.165) is 0 Å². The third kappa shape index (κ3) is 3.01. The van der Waals surface area contributed by atoms with Gasteiger partial charge in [0.25, 0.3) is 0 Å². The maximum absolute atomic E-state index is 9.25. The fraction of sp³-hybridized carbons (Fsp3) is 0.200. The SMILES string of the molecule is CC=C=C=C=O. The molecule has 0 saturated heterocycles. The van der Waals surface area contributed by atoms with Gasteiger partial charge in [0.1, 0.15) is 0 Å². The lowest BCUT2D eigenvalue weighted by Gasteiger charge is -1.39. The first kappa shape index (κ1) is 5.01. The van der Waals surface area contributed by atoms with E-state index in [0.29, 0.717) is 0 Å². The van der Waals surface area contributed by atoms with Crippen LogP contribution < -0.4 is 0 Å². The van der Waals surface area contributed by atoms with Gasteiger partial charge in [-0.15, -0.1) is 0 Å². The molecule has 0 amide bonds. The van der Waals surface area contributed by atoms with Gasteiger partial charge in [-0.05, 0) is 13.0 Å². The highest BCUT2D eigenvalue weighted by Gasteiger charge is 1.36. The fourth-order valence-corrected chi connectivity index (χ4v) is 0.102. The summed E-state index contributed by atoms with van der Waals surface area (Å²) in [4.78, 5) is 9.25. The normalized spacial score (nSPS) is 4.17. The van der Waals surface area contributed by atoms with Gasteiger partial charge in [0.15, 0.2) is 5.94 Å². The van der Waals surface area contributed by atoms with E-state index >= 15 is 0 Å². The van der Waals surface area contributed by atoms with E-state index in [-0.39, 0.29) is 0 Å². The monoisotopic (exact) mass is 80.0 g/mol. The van der Waals surface area contributed by atoms with Crippen molar-refractivity contribution in [2.75, 3.05) is 0 Å². The largest absolute Gasteiger partial charge is 0.223 e. The topological polar surface area (TPSA) is 17.1 Å². The second-order valence-electron chi connectivity index (χ2n) is 0.660. The van der Waals surface area contributed by atoms with Gasteiger partial charge in [0, 0.05) is 5.73 Å². The predicted octanol–water partition coefficient (Wildman–Crippen LogP) is 0.704. The van der Waals surface area contributed by atoms with Gasteiger partial charge in [-0.3, -0.25) is 0 Å². The molecule has 0 aliphatic rings. The zero-order valence-electron chi connectivity index (χ0n) is 3.49. The molecule has 30 valence electrons. The highest BCUT2D eigenvalue weighted by molar-refractivity contribution is 5.43. The summed E-state index contributed by atoms with van der Waals surface area (Å²) < 4.78 is 0. The number of hydrogen-bond acceptors (Lipinski definition) is 1. The van der Waals surface area contributed by atoms with Crippen LogP contribution in [0, 0.1) is 0 Å². The quantitative estimate of drug-likeness (QED) is 0.309. The molecule has 0 aliphatic heterocycles. The van der Waals surface area contributed by atoms with E-state index in [9.17, 15) is 4.79 Å². The Morgan fingerprint density at radius 1 is 1.67 bits per heavy atom. The third-order valence-electron chi connectivity index (χ3n) is 0.268. The van der Waals surface area contributed by atoms with Crippen molar-refractivity contribution < 1.29 is 4.79 Å². The summed E-state index contributed by atoms with van der Waals surface area (Å²) in [5.74, 6) is 1.43. The lowest BCUT2D eigenvalue weighted by atomic mass is 10.7. The number of allylic oxidation sites excluding steroid dienone is 1. The minimum absolute atomic E-state index is 1.43. The molecule has 0 heterocycles. The molecule has 0 aromatic carbocycles. The maximum atomic E-state index is 9.25.